The first-order valence-corrected chi connectivity index (χ1v) is 12.2. The Labute approximate surface area is 195 Å². The molecule has 2 saturated heterocycles. The van der Waals surface area contributed by atoms with Crippen LogP contribution in [-0.2, 0) is 28.9 Å². The normalized spacial score (nSPS) is 22.3. The average molecular weight is 450 g/mol. The number of hydrogen-bond donors (Lipinski definition) is 1. The van der Waals surface area contributed by atoms with Crippen molar-refractivity contribution < 1.29 is 14.0 Å². The third-order valence-electron chi connectivity index (χ3n) is 7.67. The Bertz CT molecular complexity index is 993. The van der Waals surface area contributed by atoms with E-state index < -0.39 is 6.04 Å². The standard InChI is InChI=1S/C27H32FN3O2/c28-24-8-4-3-7-22(24)15-19-9-12-30(13-10-19)26(32)18-25-27(33)29-11-14-31(25)23-16-20-5-1-2-6-21(20)17-23/h1-8,19,23,25H,9-18H2,(H,29,33). The second kappa shape index (κ2) is 9.64. The van der Waals surface area contributed by atoms with Gasteiger partial charge >= 0.3 is 0 Å². The lowest BCUT2D eigenvalue weighted by atomic mass is 9.89. The van der Waals surface area contributed by atoms with E-state index in [1.807, 2.05) is 17.0 Å². The Morgan fingerprint density at radius 3 is 2.33 bits per heavy atom. The summed E-state index contributed by atoms with van der Waals surface area (Å²) < 4.78 is 14.0. The van der Waals surface area contributed by atoms with Crippen LogP contribution in [0, 0.1) is 11.7 Å². The summed E-state index contributed by atoms with van der Waals surface area (Å²) in [4.78, 5) is 30.1. The number of piperidine rings is 1. The Morgan fingerprint density at radius 2 is 1.64 bits per heavy atom. The highest BCUT2D eigenvalue weighted by Gasteiger charge is 2.39. The summed E-state index contributed by atoms with van der Waals surface area (Å²) in [6.07, 6.45) is 4.58. The van der Waals surface area contributed by atoms with Crippen LogP contribution in [0.3, 0.4) is 0 Å². The molecule has 5 rings (SSSR count). The van der Waals surface area contributed by atoms with Gasteiger partial charge in [-0.15, -0.1) is 0 Å². The van der Waals surface area contributed by atoms with Crippen LogP contribution < -0.4 is 5.32 Å². The van der Waals surface area contributed by atoms with Gasteiger partial charge in [0.15, 0.2) is 0 Å². The van der Waals surface area contributed by atoms with Gasteiger partial charge in [0.25, 0.3) is 0 Å². The van der Waals surface area contributed by atoms with Crippen LogP contribution in [0.2, 0.25) is 0 Å². The Balaban J connectivity index is 1.18. The van der Waals surface area contributed by atoms with Crippen LogP contribution >= 0.6 is 0 Å². The zero-order valence-corrected chi connectivity index (χ0v) is 19.0. The number of nitrogens with one attached hydrogen (secondary N) is 1. The van der Waals surface area contributed by atoms with Crippen LogP contribution in [0.25, 0.3) is 0 Å². The SMILES string of the molecule is O=C1NCCN(C2Cc3ccccc3C2)C1CC(=O)N1CCC(Cc2ccccc2F)CC1. The molecule has 0 saturated carbocycles. The number of carbonyl (C=O) groups excluding carboxylic acids is 2. The first-order chi connectivity index (χ1) is 16.1. The minimum atomic E-state index is -0.401. The lowest BCUT2D eigenvalue weighted by Crippen LogP contribution is -2.60. The van der Waals surface area contributed by atoms with Gasteiger partial charge in [-0.1, -0.05) is 42.5 Å². The van der Waals surface area contributed by atoms with E-state index in [1.165, 1.54) is 17.2 Å². The highest BCUT2D eigenvalue weighted by molar-refractivity contribution is 5.89. The molecule has 2 aliphatic heterocycles. The van der Waals surface area contributed by atoms with Gasteiger partial charge in [0.1, 0.15) is 5.82 Å². The molecule has 2 heterocycles. The van der Waals surface area contributed by atoms with Crippen molar-refractivity contribution in [1.29, 1.82) is 0 Å². The molecule has 2 amide bonds. The number of fused-ring (bicyclic) bond motifs is 1. The molecule has 2 aromatic rings. The molecule has 0 bridgehead atoms. The first-order valence-electron chi connectivity index (χ1n) is 12.2. The van der Waals surface area contributed by atoms with Crippen LogP contribution in [0.15, 0.2) is 48.5 Å². The van der Waals surface area contributed by atoms with Gasteiger partial charge in [0.2, 0.25) is 11.8 Å². The molecule has 1 unspecified atom stereocenters. The molecular weight excluding hydrogens is 417 g/mol. The predicted octanol–water partition coefficient (Wildman–Crippen LogP) is 2.96. The van der Waals surface area contributed by atoms with E-state index in [1.54, 1.807) is 6.07 Å². The topological polar surface area (TPSA) is 52.7 Å². The summed E-state index contributed by atoms with van der Waals surface area (Å²) >= 11 is 0. The van der Waals surface area contributed by atoms with E-state index in [-0.39, 0.29) is 30.1 Å². The zero-order valence-electron chi connectivity index (χ0n) is 19.0. The van der Waals surface area contributed by atoms with Crippen LogP contribution in [0.4, 0.5) is 4.39 Å². The largest absolute Gasteiger partial charge is 0.353 e. The molecule has 1 atom stereocenters. The molecule has 5 nitrogen and oxygen atoms in total. The molecule has 2 fully saturated rings. The second-order valence-corrected chi connectivity index (χ2v) is 9.70. The number of likely N-dealkylation sites (tertiary alicyclic amines) is 1. The highest BCUT2D eigenvalue weighted by atomic mass is 19.1. The van der Waals surface area contributed by atoms with Gasteiger partial charge in [-0.2, -0.15) is 0 Å². The van der Waals surface area contributed by atoms with Gasteiger partial charge in [-0.3, -0.25) is 14.5 Å². The molecule has 0 aromatic heterocycles. The summed E-state index contributed by atoms with van der Waals surface area (Å²) in [5, 5.41) is 2.97. The maximum absolute atomic E-state index is 14.0. The molecule has 1 aliphatic carbocycles. The third-order valence-corrected chi connectivity index (χ3v) is 7.67. The quantitative estimate of drug-likeness (QED) is 0.764. The molecule has 174 valence electrons. The van der Waals surface area contributed by atoms with Gasteiger partial charge < -0.3 is 10.2 Å². The molecule has 33 heavy (non-hydrogen) atoms. The maximum atomic E-state index is 14.0. The second-order valence-electron chi connectivity index (χ2n) is 9.70. The number of halogens is 1. The van der Waals surface area contributed by atoms with Gasteiger partial charge in [0, 0.05) is 32.2 Å². The van der Waals surface area contributed by atoms with Gasteiger partial charge in [-0.25, -0.2) is 4.39 Å². The van der Waals surface area contributed by atoms with Crippen molar-refractivity contribution >= 4 is 11.8 Å². The molecule has 2 aromatic carbocycles. The third kappa shape index (κ3) is 4.81. The summed E-state index contributed by atoms with van der Waals surface area (Å²) in [6.45, 7) is 2.78. The van der Waals surface area contributed by atoms with Gasteiger partial charge in [0.05, 0.1) is 12.5 Å². The number of rotatable bonds is 5. The number of benzene rings is 2. The Morgan fingerprint density at radius 1 is 0.970 bits per heavy atom. The van der Waals surface area contributed by atoms with E-state index in [0.717, 1.165) is 44.2 Å². The van der Waals surface area contributed by atoms with Crippen LogP contribution in [0.5, 0.6) is 0 Å². The summed E-state index contributed by atoms with van der Waals surface area (Å²) in [5.74, 6) is 0.271. The number of piperazine rings is 1. The van der Waals surface area contributed by atoms with Crippen LogP contribution in [-0.4, -0.2) is 59.9 Å². The Kier molecular flexibility index (Phi) is 6.45. The molecular formula is C27H32FN3O2. The highest BCUT2D eigenvalue weighted by Crippen LogP contribution is 2.29. The first kappa shape index (κ1) is 22.1. The monoisotopic (exact) mass is 449 g/mol. The number of hydrogen-bond acceptors (Lipinski definition) is 3. The summed E-state index contributed by atoms with van der Waals surface area (Å²) in [7, 11) is 0. The fourth-order valence-electron chi connectivity index (χ4n) is 5.81. The van der Waals surface area contributed by atoms with Gasteiger partial charge in [-0.05, 0) is 60.8 Å². The summed E-state index contributed by atoms with van der Waals surface area (Å²) in [5.41, 5.74) is 3.47. The molecule has 0 radical (unpaired) electrons. The summed E-state index contributed by atoms with van der Waals surface area (Å²) in [6, 6.07) is 15.3. The van der Waals surface area contributed by atoms with E-state index in [9.17, 15) is 14.0 Å². The fraction of sp³-hybridized carbons (Fsp3) is 0.481. The minimum Gasteiger partial charge on any atom is -0.353 e. The van der Waals surface area contributed by atoms with Crippen molar-refractivity contribution in [1.82, 2.24) is 15.1 Å². The van der Waals surface area contributed by atoms with Crippen molar-refractivity contribution in [2.75, 3.05) is 26.2 Å². The number of amides is 2. The lowest BCUT2D eigenvalue weighted by molar-refractivity contribution is -0.140. The van der Waals surface area contributed by atoms with E-state index in [2.05, 4.69) is 34.5 Å². The maximum Gasteiger partial charge on any atom is 0.237 e. The molecule has 1 N–H and O–H groups in total. The average Bonchev–Trinajstić information content (AvgIpc) is 3.26. The lowest BCUT2D eigenvalue weighted by Gasteiger charge is -2.40. The van der Waals surface area contributed by atoms with Crippen molar-refractivity contribution in [2.45, 2.75) is 50.6 Å². The molecule has 0 spiro atoms. The molecule has 6 heteroatoms. The van der Waals surface area contributed by atoms with Crippen LogP contribution in [0.1, 0.15) is 36.0 Å². The number of carbonyl (C=O) groups is 2. The van der Waals surface area contributed by atoms with Crippen molar-refractivity contribution in [3.05, 3.63) is 71.0 Å². The van der Waals surface area contributed by atoms with E-state index in [4.69, 9.17) is 0 Å². The molecule has 3 aliphatic rings. The predicted molar refractivity (Wildman–Crippen MR) is 125 cm³/mol. The fourth-order valence-corrected chi connectivity index (χ4v) is 5.81. The van der Waals surface area contributed by atoms with E-state index in [0.29, 0.717) is 25.6 Å². The van der Waals surface area contributed by atoms with Crippen molar-refractivity contribution in [3.8, 4) is 0 Å². The van der Waals surface area contributed by atoms with Crippen molar-refractivity contribution in [3.63, 3.8) is 0 Å². The van der Waals surface area contributed by atoms with Crippen molar-refractivity contribution in [2.24, 2.45) is 5.92 Å². The smallest absolute Gasteiger partial charge is 0.237 e. The minimum absolute atomic E-state index is 0.0278. The number of nitrogens with zero attached hydrogens (tertiary/aromatic N) is 2. The Hall–Kier alpha value is -2.73. The van der Waals surface area contributed by atoms with E-state index >= 15 is 0 Å². The zero-order chi connectivity index (χ0) is 22.8.